The topological polar surface area (TPSA) is 111 Å². The average molecular weight is 587 g/mol. The van der Waals surface area contributed by atoms with E-state index in [0.29, 0.717) is 53.9 Å². The number of anilines is 3. The van der Waals surface area contributed by atoms with Crippen molar-refractivity contribution in [1.82, 2.24) is 10.2 Å². The van der Waals surface area contributed by atoms with Gasteiger partial charge in [-0.1, -0.05) is 11.6 Å². The molecule has 2 aromatic carbocycles. The van der Waals surface area contributed by atoms with Crippen LogP contribution in [0.1, 0.15) is 44.2 Å². The Balaban J connectivity index is 1.52. The molecule has 1 saturated heterocycles. The van der Waals surface area contributed by atoms with Gasteiger partial charge in [-0.05, 0) is 77.6 Å². The zero-order valence-electron chi connectivity index (χ0n) is 23.9. The van der Waals surface area contributed by atoms with Crippen molar-refractivity contribution in [3.8, 4) is 17.6 Å². The molecule has 2 aliphatic heterocycles. The van der Waals surface area contributed by atoms with E-state index >= 15 is 0 Å². The van der Waals surface area contributed by atoms with E-state index in [1.165, 1.54) is 0 Å². The fourth-order valence-corrected chi connectivity index (χ4v) is 5.38. The fourth-order valence-electron chi connectivity index (χ4n) is 5.14. The summed E-state index contributed by atoms with van der Waals surface area (Å²) in [6.45, 7) is 4.56. The zero-order valence-corrected chi connectivity index (χ0v) is 24.7. The number of fused-ring (bicyclic) bond motifs is 1. The maximum absolute atomic E-state index is 14.2. The van der Waals surface area contributed by atoms with Crippen molar-refractivity contribution in [3.63, 3.8) is 0 Å². The molecule has 9 nitrogen and oxygen atoms in total. The van der Waals surface area contributed by atoms with Gasteiger partial charge in [0.1, 0.15) is 24.3 Å². The SMILES string of the molecule is CCOc1cc2c(cc1NC(=O)CCCN(C)C)C(Nc1ccc(OCC3NCCCC3F)c(Cl)c1)C(C#N)CN2. The van der Waals surface area contributed by atoms with Gasteiger partial charge in [0.2, 0.25) is 5.91 Å². The molecule has 4 unspecified atom stereocenters. The van der Waals surface area contributed by atoms with Crippen LogP contribution < -0.4 is 30.7 Å². The fraction of sp³-hybridized carbons (Fsp3) is 0.533. The minimum Gasteiger partial charge on any atom is -0.492 e. The quantitative estimate of drug-likeness (QED) is 0.268. The third-order valence-electron chi connectivity index (χ3n) is 7.32. The second kappa shape index (κ2) is 14.6. The van der Waals surface area contributed by atoms with Crippen LogP contribution in [0.25, 0.3) is 0 Å². The van der Waals surface area contributed by atoms with Gasteiger partial charge in [-0.25, -0.2) is 4.39 Å². The number of nitrogens with zero attached hydrogens (tertiary/aromatic N) is 2. The van der Waals surface area contributed by atoms with Crippen molar-refractivity contribution in [2.75, 3.05) is 62.9 Å². The van der Waals surface area contributed by atoms with Crippen molar-refractivity contribution >= 4 is 34.6 Å². The van der Waals surface area contributed by atoms with Gasteiger partial charge in [0.05, 0.1) is 41.4 Å². The first-order valence-corrected chi connectivity index (χ1v) is 14.6. The number of amides is 1. The van der Waals surface area contributed by atoms with Crippen LogP contribution in [0.5, 0.6) is 11.5 Å². The van der Waals surface area contributed by atoms with E-state index in [9.17, 15) is 14.4 Å². The number of rotatable bonds is 12. The number of benzene rings is 2. The number of halogens is 2. The number of carbonyl (C=O) groups is 1. The number of nitrogens with one attached hydrogen (secondary N) is 4. The van der Waals surface area contributed by atoms with Crippen molar-refractivity contribution in [3.05, 3.63) is 40.9 Å². The lowest BCUT2D eigenvalue weighted by molar-refractivity contribution is -0.116. The van der Waals surface area contributed by atoms with E-state index in [4.69, 9.17) is 21.1 Å². The number of carbonyl (C=O) groups excluding carboxylic acids is 1. The van der Waals surface area contributed by atoms with E-state index in [1.54, 1.807) is 12.1 Å². The normalized spacial score (nSPS) is 21.8. The van der Waals surface area contributed by atoms with E-state index in [-0.39, 0.29) is 24.6 Å². The molecule has 0 bridgehead atoms. The average Bonchev–Trinajstić information content (AvgIpc) is 2.94. The molecule has 0 saturated carbocycles. The van der Waals surface area contributed by atoms with Gasteiger partial charge >= 0.3 is 0 Å². The smallest absolute Gasteiger partial charge is 0.224 e. The predicted octanol–water partition coefficient (Wildman–Crippen LogP) is 5.21. The van der Waals surface area contributed by atoms with Crippen LogP contribution in [0.4, 0.5) is 21.5 Å². The molecule has 41 heavy (non-hydrogen) atoms. The highest BCUT2D eigenvalue weighted by atomic mass is 35.5. The van der Waals surface area contributed by atoms with Crippen LogP contribution >= 0.6 is 11.6 Å². The molecule has 0 aliphatic carbocycles. The summed E-state index contributed by atoms with van der Waals surface area (Å²) in [6, 6.07) is 10.7. The lowest BCUT2D eigenvalue weighted by Gasteiger charge is -2.33. The molecule has 2 aromatic rings. The Bertz CT molecular complexity index is 1240. The number of hydrogen-bond donors (Lipinski definition) is 4. The third kappa shape index (κ3) is 8.15. The molecular weight excluding hydrogens is 547 g/mol. The molecule has 0 radical (unpaired) electrons. The summed E-state index contributed by atoms with van der Waals surface area (Å²) in [5, 5.41) is 23.3. The maximum atomic E-state index is 14.2. The highest BCUT2D eigenvalue weighted by Gasteiger charge is 2.32. The van der Waals surface area contributed by atoms with Gasteiger partial charge in [0, 0.05) is 36.0 Å². The van der Waals surface area contributed by atoms with Crippen LogP contribution in [0, 0.1) is 17.2 Å². The van der Waals surface area contributed by atoms with Crippen LogP contribution in [-0.2, 0) is 4.79 Å². The van der Waals surface area contributed by atoms with Crippen molar-refractivity contribution in [2.24, 2.45) is 5.92 Å². The van der Waals surface area contributed by atoms with Gasteiger partial charge in [0.25, 0.3) is 0 Å². The number of ether oxygens (including phenoxy) is 2. The summed E-state index contributed by atoms with van der Waals surface area (Å²) >= 11 is 6.55. The van der Waals surface area contributed by atoms with Gasteiger partial charge in [-0.2, -0.15) is 5.26 Å². The lowest BCUT2D eigenvalue weighted by Crippen LogP contribution is -2.46. The molecule has 4 rings (SSSR count). The van der Waals surface area contributed by atoms with E-state index < -0.39 is 12.1 Å². The van der Waals surface area contributed by atoms with Gasteiger partial charge in [0.15, 0.2) is 0 Å². The monoisotopic (exact) mass is 586 g/mol. The van der Waals surface area contributed by atoms with Gasteiger partial charge < -0.3 is 35.6 Å². The Morgan fingerprint density at radius 1 is 1.24 bits per heavy atom. The standard InChI is InChI=1S/C30H40ClFN6O3/c1-4-40-28-15-24-21(14-25(28)37-29(39)8-6-12-38(2)3)30(19(16-33)17-35-24)36-20-9-10-27(22(31)13-20)41-18-26-23(32)7-5-11-34-26/h9-10,13-15,19,23,26,30,34-36H,4-8,11-12,17-18H2,1-3H3,(H,37,39). The molecule has 222 valence electrons. The first kappa shape index (κ1) is 30.7. The summed E-state index contributed by atoms with van der Waals surface area (Å²) in [4.78, 5) is 14.8. The first-order chi connectivity index (χ1) is 19.8. The molecule has 1 fully saturated rings. The first-order valence-electron chi connectivity index (χ1n) is 14.2. The molecule has 4 N–H and O–H groups in total. The second-order valence-electron chi connectivity index (χ2n) is 10.7. The summed E-state index contributed by atoms with van der Waals surface area (Å²) in [5.74, 6) is 0.557. The van der Waals surface area contributed by atoms with Crippen LogP contribution in [-0.4, -0.2) is 70.0 Å². The molecule has 2 aliphatic rings. The molecular formula is C30H40ClFN6O3. The summed E-state index contributed by atoms with van der Waals surface area (Å²) in [5.41, 5.74) is 2.94. The Morgan fingerprint density at radius 3 is 2.78 bits per heavy atom. The van der Waals surface area contributed by atoms with E-state index in [1.807, 2.05) is 44.1 Å². The predicted molar refractivity (Wildman–Crippen MR) is 161 cm³/mol. The van der Waals surface area contributed by atoms with Crippen molar-refractivity contribution < 1.29 is 18.7 Å². The molecule has 4 atom stereocenters. The minimum atomic E-state index is -0.942. The lowest BCUT2D eigenvalue weighted by atomic mass is 9.88. The van der Waals surface area contributed by atoms with Crippen LogP contribution in [0.15, 0.2) is 30.3 Å². The van der Waals surface area contributed by atoms with Crippen LogP contribution in [0.3, 0.4) is 0 Å². The van der Waals surface area contributed by atoms with Gasteiger partial charge in [-0.3, -0.25) is 4.79 Å². The molecule has 2 heterocycles. The van der Waals surface area contributed by atoms with E-state index in [0.717, 1.165) is 37.2 Å². The molecule has 11 heteroatoms. The number of alkyl halides is 1. The summed E-state index contributed by atoms with van der Waals surface area (Å²) in [6.07, 6.45) is 1.53. The summed E-state index contributed by atoms with van der Waals surface area (Å²) < 4.78 is 25.9. The molecule has 0 aromatic heterocycles. The Hall–Kier alpha value is -3.26. The number of piperidine rings is 1. The number of nitriles is 1. The minimum absolute atomic E-state index is 0.0947. The molecule has 0 spiro atoms. The zero-order chi connectivity index (χ0) is 29.4. The Kier molecular flexibility index (Phi) is 10.9. The van der Waals surface area contributed by atoms with Gasteiger partial charge in [-0.15, -0.1) is 0 Å². The highest BCUT2D eigenvalue weighted by Crippen LogP contribution is 2.42. The van der Waals surface area contributed by atoms with E-state index in [2.05, 4.69) is 27.3 Å². The van der Waals surface area contributed by atoms with Crippen LogP contribution in [0.2, 0.25) is 5.02 Å². The Morgan fingerprint density at radius 2 is 2.07 bits per heavy atom. The third-order valence-corrected chi connectivity index (χ3v) is 7.62. The number of hydrogen-bond acceptors (Lipinski definition) is 8. The highest BCUT2D eigenvalue weighted by molar-refractivity contribution is 6.32. The largest absolute Gasteiger partial charge is 0.492 e. The summed E-state index contributed by atoms with van der Waals surface area (Å²) in [7, 11) is 3.95. The Labute approximate surface area is 246 Å². The molecule has 1 amide bonds. The van der Waals surface area contributed by atoms with Crippen molar-refractivity contribution in [1.29, 1.82) is 5.26 Å². The maximum Gasteiger partial charge on any atom is 0.224 e. The van der Waals surface area contributed by atoms with Crippen molar-refractivity contribution in [2.45, 2.75) is 50.9 Å². The second-order valence-corrected chi connectivity index (χ2v) is 11.1.